The van der Waals surface area contributed by atoms with Crippen LogP contribution < -0.4 is 14.8 Å². The normalized spacial score (nSPS) is 11.3. The zero-order valence-electron chi connectivity index (χ0n) is 16.6. The van der Waals surface area contributed by atoms with Gasteiger partial charge in [-0.25, -0.2) is 12.8 Å². The molecule has 2 rings (SSSR count). The fourth-order valence-corrected chi connectivity index (χ4v) is 4.20. The zero-order valence-corrected chi connectivity index (χ0v) is 17.5. The second-order valence-corrected chi connectivity index (χ2v) is 7.92. The lowest BCUT2D eigenvalue weighted by Gasteiger charge is -2.19. The Bertz CT molecular complexity index is 946. The Morgan fingerprint density at radius 1 is 1.10 bits per heavy atom. The van der Waals surface area contributed by atoms with E-state index in [0.717, 1.165) is 18.2 Å². The van der Waals surface area contributed by atoms with Crippen LogP contribution in [0.1, 0.15) is 24.2 Å². The minimum absolute atomic E-state index is 0.101. The van der Waals surface area contributed by atoms with Gasteiger partial charge in [0.2, 0.25) is 10.0 Å². The first-order chi connectivity index (χ1) is 13.8. The van der Waals surface area contributed by atoms with Gasteiger partial charge >= 0.3 is 0 Å². The van der Waals surface area contributed by atoms with Gasteiger partial charge in [-0.1, -0.05) is 26.0 Å². The molecule has 0 saturated carbocycles. The SMILES string of the molecule is CCN(CC)S(=O)(=O)c1ccc(F)c(C(=O)NCCOc2ccccc2OC)c1. The molecular formula is C20H25FN2O5S. The molecule has 2 aromatic carbocycles. The number of halogens is 1. The molecule has 0 heterocycles. The van der Waals surface area contributed by atoms with E-state index in [0.29, 0.717) is 11.5 Å². The maximum atomic E-state index is 14.1. The van der Waals surface area contributed by atoms with Crippen LogP contribution in [0.25, 0.3) is 0 Å². The third kappa shape index (κ3) is 5.45. The molecule has 158 valence electrons. The molecular weight excluding hydrogens is 399 g/mol. The van der Waals surface area contributed by atoms with Gasteiger partial charge in [0.15, 0.2) is 11.5 Å². The highest BCUT2D eigenvalue weighted by Gasteiger charge is 2.24. The van der Waals surface area contributed by atoms with E-state index in [4.69, 9.17) is 9.47 Å². The number of hydrogen-bond acceptors (Lipinski definition) is 5. The Kier molecular flexibility index (Phi) is 7.98. The molecule has 0 fully saturated rings. The Balaban J connectivity index is 2.05. The smallest absolute Gasteiger partial charge is 0.254 e. The summed E-state index contributed by atoms with van der Waals surface area (Å²) in [6.45, 7) is 4.20. The summed E-state index contributed by atoms with van der Waals surface area (Å²) in [5, 5.41) is 2.53. The molecule has 0 bridgehead atoms. The average Bonchev–Trinajstić information content (AvgIpc) is 2.72. The number of para-hydroxylation sites is 2. The van der Waals surface area contributed by atoms with Crippen molar-refractivity contribution in [2.24, 2.45) is 0 Å². The molecule has 0 spiro atoms. The molecule has 1 amide bonds. The number of nitrogens with zero attached hydrogens (tertiary/aromatic N) is 1. The third-order valence-corrected chi connectivity index (χ3v) is 6.29. The molecule has 0 aliphatic carbocycles. The van der Waals surface area contributed by atoms with Crippen LogP contribution in [0, 0.1) is 5.82 Å². The van der Waals surface area contributed by atoms with Gasteiger partial charge in [-0.3, -0.25) is 4.79 Å². The summed E-state index contributed by atoms with van der Waals surface area (Å²) in [6.07, 6.45) is 0. The van der Waals surface area contributed by atoms with Gasteiger partial charge in [0.05, 0.1) is 24.1 Å². The highest BCUT2D eigenvalue weighted by Crippen LogP contribution is 2.25. The maximum absolute atomic E-state index is 14.1. The molecule has 7 nitrogen and oxygen atoms in total. The van der Waals surface area contributed by atoms with Crippen molar-refractivity contribution in [3.63, 3.8) is 0 Å². The van der Waals surface area contributed by atoms with Crippen LogP contribution in [0.5, 0.6) is 11.5 Å². The molecule has 0 radical (unpaired) electrons. The van der Waals surface area contributed by atoms with Crippen LogP contribution in [0.2, 0.25) is 0 Å². The van der Waals surface area contributed by atoms with Crippen LogP contribution in [0.4, 0.5) is 4.39 Å². The fraction of sp³-hybridized carbons (Fsp3) is 0.350. The number of nitrogens with one attached hydrogen (secondary N) is 1. The highest BCUT2D eigenvalue weighted by atomic mass is 32.2. The highest BCUT2D eigenvalue weighted by molar-refractivity contribution is 7.89. The Morgan fingerprint density at radius 3 is 2.38 bits per heavy atom. The number of carbonyl (C=O) groups is 1. The summed E-state index contributed by atoms with van der Waals surface area (Å²) < 4.78 is 51.3. The lowest BCUT2D eigenvalue weighted by molar-refractivity contribution is 0.0942. The van der Waals surface area contributed by atoms with Gasteiger partial charge < -0.3 is 14.8 Å². The van der Waals surface area contributed by atoms with Crippen molar-refractivity contribution in [2.45, 2.75) is 18.7 Å². The van der Waals surface area contributed by atoms with Gasteiger partial charge in [0.1, 0.15) is 12.4 Å². The average molecular weight is 424 g/mol. The van der Waals surface area contributed by atoms with Crippen LogP contribution >= 0.6 is 0 Å². The summed E-state index contributed by atoms with van der Waals surface area (Å²) in [5.74, 6) is -0.448. The molecule has 0 aromatic heterocycles. The number of hydrogen-bond donors (Lipinski definition) is 1. The molecule has 29 heavy (non-hydrogen) atoms. The molecule has 0 unspecified atom stereocenters. The summed E-state index contributed by atoms with van der Waals surface area (Å²) in [7, 11) is -2.27. The van der Waals surface area contributed by atoms with Gasteiger partial charge in [-0.2, -0.15) is 4.31 Å². The number of amides is 1. The fourth-order valence-electron chi connectivity index (χ4n) is 2.71. The van der Waals surface area contributed by atoms with Crippen molar-refractivity contribution >= 4 is 15.9 Å². The largest absolute Gasteiger partial charge is 0.493 e. The van der Waals surface area contributed by atoms with Crippen molar-refractivity contribution in [3.8, 4) is 11.5 Å². The topological polar surface area (TPSA) is 84.9 Å². The first-order valence-electron chi connectivity index (χ1n) is 9.18. The summed E-state index contributed by atoms with van der Waals surface area (Å²) in [5.41, 5.74) is -0.337. The van der Waals surface area contributed by atoms with Gasteiger partial charge in [0, 0.05) is 13.1 Å². The van der Waals surface area contributed by atoms with Crippen LogP contribution in [-0.4, -0.2) is 52.0 Å². The minimum atomic E-state index is -3.79. The number of methoxy groups -OCH3 is 1. The van der Waals surface area contributed by atoms with E-state index < -0.39 is 21.7 Å². The van der Waals surface area contributed by atoms with Crippen molar-refractivity contribution < 1.29 is 27.1 Å². The van der Waals surface area contributed by atoms with Crippen molar-refractivity contribution in [1.82, 2.24) is 9.62 Å². The lowest BCUT2D eigenvalue weighted by Crippen LogP contribution is -2.32. The minimum Gasteiger partial charge on any atom is -0.493 e. The standard InChI is InChI=1S/C20H25FN2O5S/c1-4-23(5-2)29(25,26)15-10-11-17(21)16(14-15)20(24)22-12-13-28-19-9-7-6-8-18(19)27-3/h6-11,14H,4-5,12-13H2,1-3H3,(H,22,24). The van der Waals surface area contributed by atoms with E-state index in [1.165, 1.54) is 11.4 Å². The Morgan fingerprint density at radius 2 is 1.76 bits per heavy atom. The van der Waals surface area contributed by atoms with Crippen molar-refractivity contribution in [1.29, 1.82) is 0 Å². The van der Waals surface area contributed by atoms with E-state index in [2.05, 4.69) is 5.32 Å². The first kappa shape index (κ1) is 22.6. The monoisotopic (exact) mass is 424 g/mol. The number of benzene rings is 2. The van der Waals surface area contributed by atoms with E-state index in [9.17, 15) is 17.6 Å². The summed E-state index contributed by atoms with van der Waals surface area (Å²) in [4.78, 5) is 12.2. The van der Waals surface area contributed by atoms with Gasteiger partial charge in [-0.15, -0.1) is 0 Å². The van der Waals surface area contributed by atoms with Crippen molar-refractivity contribution in [2.75, 3.05) is 33.4 Å². The first-order valence-corrected chi connectivity index (χ1v) is 10.6. The predicted molar refractivity (Wildman–Crippen MR) is 107 cm³/mol. The maximum Gasteiger partial charge on any atom is 0.254 e. The molecule has 2 aromatic rings. The lowest BCUT2D eigenvalue weighted by atomic mass is 10.2. The molecule has 9 heteroatoms. The number of rotatable bonds is 10. The van der Waals surface area contributed by atoms with Gasteiger partial charge in [-0.05, 0) is 30.3 Å². The van der Waals surface area contributed by atoms with E-state index in [1.807, 2.05) is 0 Å². The second kappa shape index (κ2) is 10.2. The third-order valence-electron chi connectivity index (χ3n) is 4.24. The predicted octanol–water partition coefficient (Wildman–Crippen LogP) is 2.67. The van der Waals surface area contributed by atoms with E-state index in [1.54, 1.807) is 38.1 Å². The van der Waals surface area contributed by atoms with Gasteiger partial charge in [0.25, 0.3) is 5.91 Å². The second-order valence-electron chi connectivity index (χ2n) is 5.99. The number of ether oxygens (including phenoxy) is 2. The quantitative estimate of drug-likeness (QED) is 0.593. The summed E-state index contributed by atoms with van der Waals surface area (Å²) >= 11 is 0. The van der Waals surface area contributed by atoms with E-state index in [-0.39, 0.29) is 36.7 Å². The molecule has 1 N–H and O–H groups in total. The zero-order chi connectivity index (χ0) is 21.4. The Labute approximate surface area is 170 Å². The Hall–Kier alpha value is -2.65. The van der Waals surface area contributed by atoms with Crippen LogP contribution in [0.15, 0.2) is 47.4 Å². The molecule has 0 aliphatic heterocycles. The van der Waals surface area contributed by atoms with Crippen molar-refractivity contribution in [3.05, 3.63) is 53.8 Å². The number of carbonyl (C=O) groups excluding carboxylic acids is 1. The van der Waals surface area contributed by atoms with E-state index >= 15 is 0 Å². The summed E-state index contributed by atoms with van der Waals surface area (Å²) in [6, 6.07) is 10.2. The van der Waals surface area contributed by atoms with Crippen LogP contribution in [-0.2, 0) is 10.0 Å². The number of sulfonamides is 1. The molecule has 0 saturated heterocycles. The molecule has 0 atom stereocenters. The van der Waals surface area contributed by atoms with Crippen LogP contribution in [0.3, 0.4) is 0 Å². The molecule has 0 aliphatic rings.